The van der Waals surface area contributed by atoms with Gasteiger partial charge < -0.3 is 9.67 Å². The molecule has 19 heavy (non-hydrogen) atoms. The largest absolute Gasteiger partial charge is 0.392 e. The fourth-order valence-corrected chi connectivity index (χ4v) is 2.23. The highest BCUT2D eigenvalue weighted by Gasteiger charge is 2.24. The van der Waals surface area contributed by atoms with Gasteiger partial charge in [0.25, 0.3) is 0 Å². The Morgan fingerprint density at radius 3 is 2.58 bits per heavy atom. The Balaban J connectivity index is 2.39. The van der Waals surface area contributed by atoms with Gasteiger partial charge in [-0.1, -0.05) is 39.8 Å². The molecular formula is C16H24N2O. The topological polar surface area (TPSA) is 38.0 Å². The van der Waals surface area contributed by atoms with Crippen molar-refractivity contribution in [1.29, 1.82) is 0 Å². The number of aliphatic hydroxyl groups is 1. The van der Waals surface area contributed by atoms with Crippen LogP contribution in [0.3, 0.4) is 0 Å². The van der Waals surface area contributed by atoms with Crippen LogP contribution in [0.2, 0.25) is 0 Å². The minimum absolute atomic E-state index is 0.116. The molecule has 0 saturated heterocycles. The summed E-state index contributed by atoms with van der Waals surface area (Å²) >= 11 is 0. The van der Waals surface area contributed by atoms with Crippen LogP contribution in [0.1, 0.15) is 39.9 Å². The molecule has 1 atom stereocenters. The molecule has 1 aromatic heterocycles. The summed E-state index contributed by atoms with van der Waals surface area (Å²) in [6.07, 6.45) is 1.30. The summed E-state index contributed by atoms with van der Waals surface area (Å²) in [6, 6.07) is 8.19. The molecule has 1 aromatic carbocycles. The number of benzene rings is 1. The zero-order chi connectivity index (χ0) is 14.0. The molecule has 0 bridgehead atoms. The van der Waals surface area contributed by atoms with E-state index in [1.165, 1.54) is 5.52 Å². The van der Waals surface area contributed by atoms with Crippen LogP contribution in [0, 0.1) is 5.41 Å². The van der Waals surface area contributed by atoms with Crippen molar-refractivity contribution in [2.75, 3.05) is 0 Å². The van der Waals surface area contributed by atoms with Gasteiger partial charge in [-0.15, -0.1) is 0 Å². The Kier molecular flexibility index (Phi) is 3.95. The maximum Gasteiger partial charge on any atom is 0.112 e. The number of rotatable bonds is 4. The van der Waals surface area contributed by atoms with Crippen LogP contribution in [-0.4, -0.2) is 20.8 Å². The lowest BCUT2D eigenvalue weighted by molar-refractivity contribution is 0.0612. The first-order valence-electron chi connectivity index (χ1n) is 7.05. The molecule has 2 aromatic rings. The van der Waals surface area contributed by atoms with Crippen LogP contribution >= 0.6 is 0 Å². The standard InChI is InChI=1S/C16H24N2O/c1-5-10-18-13-9-7-6-8-12(13)17-15(18)11-14(19)16(2,3)4/h6-9,14,19H,5,10-11H2,1-4H3. The molecule has 104 valence electrons. The fourth-order valence-electron chi connectivity index (χ4n) is 2.23. The van der Waals surface area contributed by atoms with Crippen LogP contribution in [-0.2, 0) is 13.0 Å². The van der Waals surface area contributed by atoms with Crippen molar-refractivity contribution >= 4 is 11.0 Å². The Bertz CT molecular complexity index is 551. The van der Waals surface area contributed by atoms with Gasteiger partial charge in [-0.3, -0.25) is 0 Å². The van der Waals surface area contributed by atoms with Crippen molar-refractivity contribution in [3.63, 3.8) is 0 Å². The van der Waals surface area contributed by atoms with Gasteiger partial charge in [-0.05, 0) is 24.0 Å². The van der Waals surface area contributed by atoms with Crippen molar-refractivity contribution < 1.29 is 5.11 Å². The summed E-state index contributed by atoms with van der Waals surface area (Å²) in [4.78, 5) is 4.69. The summed E-state index contributed by atoms with van der Waals surface area (Å²) in [5.41, 5.74) is 2.07. The predicted molar refractivity (Wildman–Crippen MR) is 79.2 cm³/mol. The van der Waals surface area contributed by atoms with E-state index < -0.39 is 0 Å². The molecule has 3 nitrogen and oxygen atoms in total. The molecule has 0 fully saturated rings. The average molecular weight is 260 g/mol. The van der Waals surface area contributed by atoms with Crippen LogP contribution in [0.25, 0.3) is 11.0 Å². The highest BCUT2D eigenvalue weighted by Crippen LogP contribution is 2.24. The predicted octanol–water partition coefficient (Wildman–Crippen LogP) is 3.40. The lowest BCUT2D eigenvalue weighted by atomic mass is 9.87. The minimum Gasteiger partial charge on any atom is -0.392 e. The maximum atomic E-state index is 10.3. The van der Waals surface area contributed by atoms with E-state index in [0.717, 1.165) is 24.3 Å². The van der Waals surface area contributed by atoms with Crippen LogP contribution in [0.15, 0.2) is 24.3 Å². The van der Waals surface area contributed by atoms with Crippen molar-refractivity contribution in [1.82, 2.24) is 9.55 Å². The smallest absolute Gasteiger partial charge is 0.112 e. The van der Waals surface area contributed by atoms with Gasteiger partial charge >= 0.3 is 0 Å². The summed E-state index contributed by atoms with van der Waals surface area (Å²) in [5.74, 6) is 0.991. The quantitative estimate of drug-likeness (QED) is 0.915. The molecule has 1 N–H and O–H groups in total. The maximum absolute atomic E-state index is 10.3. The molecule has 0 aliphatic heterocycles. The van der Waals surface area contributed by atoms with E-state index in [2.05, 4.69) is 43.3 Å². The molecule has 0 amide bonds. The zero-order valence-corrected chi connectivity index (χ0v) is 12.3. The van der Waals surface area contributed by atoms with E-state index in [1.54, 1.807) is 0 Å². The summed E-state index contributed by atoms with van der Waals surface area (Å²) in [7, 11) is 0. The molecule has 0 radical (unpaired) electrons. The molecule has 0 saturated carbocycles. The average Bonchev–Trinajstić information content (AvgIpc) is 2.67. The molecular weight excluding hydrogens is 236 g/mol. The van der Waals surface area contributed by atoms with E-state index in [-0.39, 0.29) is 11.5 Å². The fraction of sp³-hybridized carbons (Fsp3) is 0.562. The Labute approximate surface area is 115 Å². The van der Waals surface area contributed by atoms with Crippen LogP contribution in [0.5, 0.6) is 0 Å². The first kappa shape index (κ1) is 14.1. The molecule has 0 aliphatic carbocycles. The first-order valence-corrected chi connectivity index (χ1v) is 7.05. The highest BCUT2D eigenvalue weighted by molar-refractivity contribution is 5.75. The van der Waals surface area contributed by atoms with E-state index in [4.69, 9.17) is 0 Å². The summed E-state index contributed by atoms with van der Waals surface area (Å²) < 4.78 is 2.24. The summed E-state index contributed by atoms with van der Waals surface area (Å²) in [6.45, 7) is 9.30. The van der Waals surface area contributed by atoms with E-state index >= 15 is 0 Å². The number of aromatic nitrogens is 2. The monoisotopic (exact) mass is 260 g/mol. The third-order valence-corrected chi connectivity index (χ3v) is 3.56. The van der Waals surface area contributed by atoms with Gasteiger partial charge in [0.1, 0.15) is 5.82 Å². The van der Waals surface area contributed by atoms with E-state index in [9.17, 15) is 5.11 Å². The molecule has 3 heteroatoms. The second-order valence-corrected chi connectivity index (χ2v) is 6.25. The lowest BCUT2D eigenvalue weighted by Crippen LogP contribution is -2.29. The minimum atomic E-state index is -0.375. The number of nitrogens with zero attached hydrogens (tertiary/aromatic N) is 2. The second-order valence-electron chi connectivity index (χ2n) is 6.25. The molecule has 2 rings (SSSR count). The van der Waals surface area contributed by atoms with Crippen molar-refractivity contribution in [3.8, 4) is 0 Å². The van der Waals surface area contributed by atoms with E-state index in [0.29, 0.717) is 6.42 Å². The van der Waals surface area contributed by atoms with Crippen LogP contribution in [0.4, 0.5) is 0 Å². The first-order chi connectivity index (χ1) is 8.93. The molecule has 0 spiro atoms. The highest BCUT2D eigenvalue weighted by atomic mass is 16.3. The second kappa shape index (κ2) is 5.33. The Hall–Kier alpha value is -1.35. The summed E-state index contributed by atoms with van der Waals surface area (Å²) in [5, 5.41) is 10.3. The number of hydrogen-bond donors (Lipinski definition) is 1. The molecule has 1 heterocycles. The lowest BCUT2D eigenvalue weighted by Gasteiger charge is -2.25. The van der Waals surface area contributed by atoms with Gasteiger partial charge in [-0.2, -0.15) is 0 Å². The van der Waals surface area contributed by atoms with Gasteiger partial charge in [0, 0.05) is 13.0 Å². The van der Waals surface area contributed by atoms with Gasteiger partial charge in [0.05, 0.1) is 17.1 Å². The Morgan fingerprint density at radius 1 is 1.26 bits per heavy atom. The van der Waals surface area contributed by atoms with Gasteiger partial charge in [-0.25, -0.2) is 4.98 Å². The van der Waals surface area contributed by atoms with Crippen molar-refractivity contribution in [2.45, 2.75) is 53.2 Å². The van der Waals surface area contributed by atoms with Crippen molar-refractivity contribution in [2.24, 2.45) is 5.41 Å². The number of hydrogen-bond acceptors (Lipinski definition) is 2. The van der Waals surface area contributed by atoms with Gasteiger partial charge in [0.15, 0.2) is 0 Å². The number of imidazole rings is 1. The van der Waals surface area contributed by atoms with E-state index in [1.807, 2.05) is 18.2 Å². The number of fused-ring (bicyclic) bond motifs is 1. The Morgan fingerprint density at radius 2 is 1.95 bits per heavy atom. The van der Waals surface area contributed by atoms with Gasteiger partial charge in [0.2, 0.25) is 0 Å². The third kappa shape index (κ3) is 2.98. The van der Waals surface area contributed by atoms with Crippen LogP contribution < -0.4 is 0 Å². The number of aliphatic hydroxyl groups excluding tert-OH is 1. The molecule has 1 unspecified atom stereocenters. The van der Waals surface area contributed by atoms with Crippen molar-refractivity contribution in [3.05, 3.63) is 30.1 Å². The zero-order valence-electron chi connectivity index (χ0n) is 12.3. The third-order valence-electron chi connectivity index (χ3n) is 3.56. The number of para-hydroxylation sites is 2. The molecule has 0 aliphatic rings. The normalized spacial score (nSPS) is 13.9. The number of aryl methyl sites for hydroxylation is 1. The SMILES string of the molecule is CCCn1c(CC(O)C(C)(C)C)nc2ccccc21.